The molecule has 0 spiro atoms. The maximum absolute atomic E-state index is 14.5. The van der Waals surface area contributed by atoms with Gasteiger partial charge in [0.05, 0.1) is 10.6 Å². The summed E-state index contributed by atoms with van der Waals surface area (Å²) in [5.41, 5.74) is 4.55. The number of ether oxygens (including phenoxy) is 1. The maximum Gasteiger partial charge on any atom is 0.178 e. The van der Waals surface area contributed by atoms with Crippen molar-refractivity contribution in [2.24, 2.45) is 0 Å². The van der Waals surface area contributed by atoms with Crippen LogP contribution in [0.1, 0.15) is 22.3 Å². The van der Waals surface area contributed by atoms with Crippen LogP contribution in [0.15, 0.2) is 54.6 Å². The lowest BCUT2D eigenvalue weighted by molar-refractivity contribution is 0.484. The minimum atomic E-state index is -2.96. The second-order valence-electron chi connectivity index (χ2n) is 6.86. The summed E-state index contributed by atoms with van der Waals surface area (Å²) >= 11 is 0. The molecule has 0 saturated heterocycles. The van der Waals surface area contributed by atoms with Crippen molar-refractivity contribution in [1.82, 2.24) is 0 Å². The van der Waals surface area contributed by atoms with Gasteiger partial charge in [-0.3, -0.25) is 0 Å². The van der Waals surface area contributed by atoms with Crippen molar-refractivity contribution in [3.63, 3.8) is 0 Å². The second kappa shape index (κ2) is 5.61. The molecule has 3 aromatic carbocycles. The van der Waals surface area contributed by atoms with Gasteiger partial charge in [0.2, 0.25) is 0 Å². The average Bonchev–Trinajstić information content (AvgIpc) is 2.60. The zero-order valence-electron chi connectivity index (χ0n) is 15.0. The van der Waals surface area contributed by atoms with E-state index >= 15 is 0 Å². The molecule has 0 unspecified atom stereocenters. The summed E-state index contributed by atoms with van der Waals surface area (Å²) in [4.78, 5) is 0. The van der Waals surface area contributed by atoms with Crippen LogP contribution in [0.25, 0.3) is 0 Å². The number of fused-ring (bicyclic) bond motifs is 2. The lowest BCUT2D eigenvalue weighted by Gasteiger charge is -2.30. The molecule has 0 saturated carbocycles. The molecule has 3 heteroatoms. The third-order valence-corrected chi connectivity index (χ3v) is 8.25. The Morgan fingerprint density at radius 1 is 0.680 bits per heavy atom. The van der Waals surface area contributed by atoms with Crippen LogP contribution < -0.4 is 20.7 Å². The van der Waals surface area contributed by atoms with Crippen molar-refractivity contribution < 1.29 is 9.30 Å². The Morgan fingerprint density at radius 3 is 1.60 bits per heavy atom. The summed E-state index contributed by atoms with van der Waals surface area (Å²) in [7, 11) is -2.96. The average molecular weight is 348 g/mol. The zero-order chi connectivity index (χ0) is 17.8. The van der Waals surface area contributed by atoms with Crippen molar-refractivity contribution >= 4 is 23.1 Å². The predicted octanol–water partition coefficient (Wildman–Crippen LogP) is 4.67. The minimum Gasteiger partial charge on any atom is -0.456 e. The summed E-state index contributed by atoms with van der Waals surface area (Å²) in [6, 6.07) is 17.9. The Bertz CT molecular complexity index is 974. The first-order valence-corrected chi connectivity index (χ1v) is 10.2. The summed E-state index contributed by atoms with van der Waals surface area (Å²) in [6.45, 7) is 8.23. The van der Waals surface area contributed by atoms with Crippen LogP contribution in [-0.2, 0) is 4.57 Å². The van der Waals surface area contributed by atoms with E-state index in [1.807, 2.05) is 54.6 Å². The fourth-order valence-corrected chi connectivity index (χ4v) is 6.37. The highest BCUT2D eigenvalue weighted by Gasteiger charge is 2.39. The monoisotopic (exact) mass is 348 g/mol. The summed E-state index contributed by atoms with van der Waals surface area (Å²) in [6.07, 6.45) is 0. The molecule has 0 radical (unpaired) electrons. The molecular formula is C22H21O2P. The molecule has 4 rings (SSSR count). The maximum atomic E-state index is 14.5. The van der Waals surface area contributed by atoms with Gasteiger partial charge in [0.1, 0.15) is 11.5 Å². The molecule has 126 valence electrons. The third-order valence-electron chi connectivity index (χ3n) is 5.17. The minimum absolute atomic E-state index is 0.714. The molecule has 0 atom stereocenters. The molecule has 1 aliphatic heterocycles. The Kier molecular flexibility index (Phi) is 3.63. The third kappa shape index (κ3) is 2.36. The lowest BCUT2D eigenvalue weighted by Crippen LogP contribution is -2.31. The van der Waals surface area contributed by atoms with E-state index in [-0.39, 0.29) is 0 Å². The van der Waals surface area contributed by atoms with Gasteiger partial charge in [0.15, 0.2) is 7.14 Å². The van der Waals surface area contributed by atoms with E-state index in [2.05, 4.69) is 27.7 Å². The number of benzene rings is 3. The Balaban J connectivity index is 2.11. The van der Waals surface area contributed by atoms with Crippen LogP contribution >= 0.6 is 7.14 Å². The Hall–Kier alpha value is -2.31. The van der Waals surface area contributed by atoms with Crippen LogP contribution in [0, 0.1) is 27.7 Å². The molecule has 25 heavy (non-hydrogen) atoms. The van der Waals surface area contributed by atoms with Gasteiger partial charge < -0.3 is 9.30 Å². The SMILES string of the molecule is Cc1cc2c(cc1C)P(=O)(c1ccccc1)c1cc(C)c(C)cc1O2. The van der Waals surface area contributed by atoms with Crippen molar-refractivity contribution in [2.75, 3.05) is 0 Å². The highest BCUT2D eigenvalue weighted by atomic mass is 31.2. The molecule has 1 heterocycles. The van der Waals surface area contributed by atoms with E-state index in [1.54, 1.807) is 0 Å². The fraction of sp³-hybridized carbons (Fsp3) is 0.182. The normalized spacial score (nSPS) is 14.4. The molecule has 3 aromatic rings. The first-order valence-electron chi connectivity index (χ1n) is 8.48. The van der Waals surface area contributed by atoms with Crippen LogP contribution in [0.3, 0.4) is 0 Å². The Labute approximate surface area is 148 Å². The lowest BCUT2D eigenvalue weighted by atomic mass is 10.1. The largest absolute Gasteiger partial charge is 0.456 e. The van der Waals surface area contributed by atoms with Crippen molar-refractivity contribution in [2.45, 2.75) is 27.7 Å². The van der Waals surface area contributed by atoms with Gasteiger partial charge in [-0.05, 0) is 74.2 Å². The van der Waals surface area contributed by atoms with E-state index in [4.69, 9.17) is 4.74 Å². The molecular weight excluding hydrogens is 327 g/mol. The molecule has 2 nitrogen and oxygen atoms in total. The quantitative estimate of drug-likeness (QED) is 0.468. The van der Waals surface area contributed by atoms with Gasteiger partial charge >= 0.3 is 0 Å². The van der Waals surface area contributed by atoms with Crippen molar-refractivity contribution in [3.8, 4) is 11.5 Å². The molecule has 0 N–H and O–H groups in total. The summed E-state index contributed by atoms with van der Waals surface area (Å²) < 4.78 is 20.7. The predicted molar refractivity (Wildman–Crippen MR) is 105 cm³/mol. The topological polar surface area (TPSA) is 26.3 Å². The summed E-state index contributed by atoms with van der Waals surface area (Å²) in [5, 5.41) is 2.46. The molecule has 0 aromatic heterocycles. The van der Waals surface area contributed by atoms with Gasteiger partial charge in [-0.15, -0.1) is 0 Å². The van der Waals surface area contributed by atoms with E-state index < -0.39 is 7.14 Å². The molecule has 0 aliphatic carbocycles. The van der Waals surface area contributed by atoms with E-state index in [1.165, 1.54) is 0 Å². The molecule has 0 amide bonds. The van der Waals surface area contributed by atoms with Gasteiger partial charge in [0.25, 0.3) is 0 Å². The second-order valence-corrected chi connectivity index (χ2v) is 9.55. The molecule has 0 fully saturated rings. The number of hydrogen-bond donors (Lipinski definition) is 0. The van der Waals surface area contributed by atoms with Gasteiger partial charge in [-0.25, -0.2) is 0 Å². The van der Waals surface area contributed by atoms with Gasteiger partial charge in [-0.1, -0.05) is 30.3 Å². The number of hydrogen-bond acceptors (Lipinski definition) is 2. The Morgan fingerprint density at radius 2 is 1.12 bits per heavy atom. The number of rotatable bonds is 1. The first kappa shape index (κ1) is 16.2. The standard InChI is InChI=1S/C22H21O2P/c1-14-10-19-21(12-16(14)3)25(23,18-8-6-5-7-9-18)22-13-17(4)15(2)11-20(22)24-19/h5-13H,1-4H3. The fourth-order valence-electron chi connectivity index (χ4n) is 3.37. The van der Waals surface area contributed by atoms with Crippen molar-refractivity contribution in [3.05, 3.63) is 76.9 Å². The van der Waals surface area contributed by atoms with Crippen LogP contribution in [0.2, 0.25) is 0 Å². The smallest absolute Gasteiger partial charge is 0.178 e. The molecule has 1 aliphatic rings. The van der Waals surface area contributed by atoms with Gasteiger partial charge in [0, 0.05) is 5.30 Å². The highest BCUT2D eigenvalue weighted by Crippen LogP contribution is 2.52. The van der Waals surface area contributed by atoms with Crippen molar-refractivity contribution in [1.29, 1.82) is 0 Å². The van der Waals surface area contributed by atoms with Gasteiger partial charge in [-0.2, -0.15) is 0 Å². The van der Waals surface area contributed by atoms with E-state index in [0.717, 1.165) is 38.2 Å². The van der Waals surface area contributed by atoms with E-state index in [0.29, 0.717) is 11.5 Å². The van der Waals surface area contributed by atoms with E-state index in [9.17, 15) is 4.57 Å². The summed E-state index contributed by atoms with van der Waals surface area (Å²) in [5.74, 6) is 1.43. The van der Waals surface area contributed by atoms with Crippen LogP contribution in [0.4, 0.5) is 0 Å². The zero-order valence-corrected chi connectivity index (χ0v) is 15.9. The first-order chi connectivity index (χ1) is 11.9. The highest BCUT2D eigenvalue weighted by molar-refractivity contribution is 7.85. The van der Waals surface area contributed by atoms with Crippen LogP contribution in [-0.4, -0.2) is 0 Å². The number of aryl methyl sites for hydroxylation is 4. The van der Waals surface area contributed by atoms with Crippen LogP contribution in [0.5, 0.6) is 11.5 Å². The molecule has 0 bridgehead atoms.